The van der Waals surface area contributed by atoms with Crippen LogP contribution >= 0.6 is 22.6 Å². The van der Waals surface area contributed by atoms with Crippen LogP contribution in [0, 0.1) is 3.57 Å². The minimum atomic E-state index is 0.0692. The third-order valence-electron chi connectivity index (χ3n) is 2.56. The maximum Gasteiger partial charge on any atom is 0.252 e. The second-order valence-corrected chi connectivity index (χ2v) is 4.74. The Bertz CT molecular complexity index is 347. The molecule has 1 N–H and O–H groups in total. The number of carbonyl (C=O) groups is 1. The molecule has 1 amide bonds. The summed E-state index contributed by atoms with van der Waals surface area (Å²) < 4.78 is 1.02. The predicted molar refractivity (Wildman–Crippen MR) is 64.3 cm³/mol. The quantitative estimate of drug-likeness (QED) is 0.836. The SMILES string of the molecule is O=C(NC1CCC1)c1ccccc1I. The zero-order valence-electron chi connectivity index (χ0n) is 7.79. The summed E-state index contributed by atoms with van der Waals surface area (Å²) in [6, 6.07) is 8.09. The van der Waals surface area contributed by atoms with Gasteiger partial charge in [-0.25, -0.2) is 0 Å². The van der Waals surface area contributed by atoms with E-state index >= 15 is 0 Å². The van der Waals surface area contributed by atoms with Crippen molar-refractivity contribution in [1.82, 2.24) is 5.32 Å². The topological polar surface area (TPSA) is 29.1 Å². The van der Waals surface area contributed by atoms with Crippen molar-refractivity contribution in [1.29, 1.82) is 0 Å². The Morgan fingerprint density at radius 3 is 2.64 bits per heavy atom. The Kier molecular flexibility index (Phi) is 3.05. The third-order valence-corrected chi connectivity index (χ3v) is 3.50. The Morgan fingerprint density at radius 2 is 2.07 bits per heavy atom. The van der Waals surface area contributed by atoms with Gasteiger partial charge in [0.1, 0.15) is 0 Å². The number of nitrogens with one attached hydrogen (secondary N) is 1. The molecule has 0 aromatic heterocycles. The summed E-state index contributed by atoms with van der Waals surface area (Å²) >= 11 is 2.19. The zero-order chi connectivity index (χ0) is 9.97. The highest BCUT2D eigenvalue weighted by molar-refractivity contribution is 14.1. The molecule has 1 fully saturated rings. The Labute approximate surface area is 97.2 Å². The van der Waals surface area contributed by atoms with Gasteiger partial charge in [-0.15, -0.1) is 0 Å². The molecule has 3 heteroatoms. The van der Waals surface area contributed by atoms with E-state index in [-0.39, 0.29) is 5.91 Å². The summed E-state index contributed by atoms with van der Waals surface area (Å²) in [5.74, 6) is 0.0692. The van der Waals surface area contributed by atoms with Crippen LogP contribution in [0.4, 0.5) is 0 Å². The third kappa shape index (κ3) is 2.08. The van der Waals surface area contributed by atoms with Crippen LogP contribution in [0.25, 0.3) is 0 Å². The fourth-order valence-corrected chi connectivity index (χ4v) is 2.09. The Balaban J connectivity index is 2.06. The van der Waals surface area contributed by atoms with Crippen molar-refractivity contribution in [2.75, 3.05) is 0 Å². The molecule has 2 rings (SSSR count). The molecule has 1 aromatic rings. The molecule has 0 saturated heterocycles. The first-order valence-electron chi connectivity index (χ1n) is 4.83. The first kappa shape index (κ1) is 9.96. The van der Waals surface area contributed by atoms with E-state index in [1.807, 2.05) is 24.3 Å². The number of amides is 1. The molecule has 74 valence electrons. The highest BCUT2D eigenvalue weighted by Gasteiger charge is 2.20. The van der Waals surface area contributed by atoms with Crippen LogP contribution in [0.5, 0.6) is 0 Å². The summed E-state index contributed by atoms with van der Waals surface area (Å²) in [4.78, 5) is 11.8. The standard InChI is InChI=1S/C11H12INO/c12-10-7-2-1-6-9(10)11(14)13-8-4-3-5-8/h1-2,6-8H,3-5H2,(H,13,14). The van der Waals surface area contributed by atoms with E-state index in [2.05, 4.69) is 27.9 Å². The predicted octanol–water partition coefficient (Wildman–Crippen LogP) is 2.57. The molecule has 2 nitrogen and oxygen atoms in total. The van der Waals surface area contributed by atoms with Crippen LogP contribution in [-0.4, -0.2) is 11.9 Å². The molecule has 14 heavy (non-hydrogen) atoms. The number of hydrogen-bond acceptors (Lipinski definition) is 1. The van der Waals surface area contributed by atoms with E-state index in [9.17, 15) is 4.79 Å². The molecule has 0 aliphatic heterocycles. The van der Waals surface area contributed by atoms with E-state index in [0.29, 0.717) is 6.04 Å². The van der Waals surface area contributed by atoms with Crippen molar-refractivity contribution in [3.8, 4) is 0 Å². The van der Waals surface area contributed by atoms with Crippen LogP contribution in [0.1, 0.15) is 29.6 Å². The van der Waals surface area contributed by atoms with Crippen molar-refractivity contribution in [3.05, 3.63) is 33.4 Å². The zero-order valence-corrected chi connectivity index (χ0v) is 9.95. The number of rotatable bonds is 2. The van der Waals surface area contributed by atoms with Gasteiger partial charge in [0, 0.05) is 9.61 Å². The summed E-state index contributed by atoms with van der Waals surface area (Å²) in [5.41, 5.74) is 0.792. The number of benzene rings is 1. The summed E-state index contributed by atoms with van der Waals surface area (Å²) in [5, 5.41) is 3.03. The molecule has 0 radical (unpaired) electrons. The van der Waals surface area contributed by atoms with Crippen LogP contribution < -0.4 is 5.32 Å². The Hall–Kier alpha value is -0.580. The minimum absolute atomic E-state index is 0.0692. The lowest BCUT2D eigenvalue weighted by Gasteiger charge is -2.26. The van der Waals surface area contributed by atoms with E-state index in [1.54, 1.807) is 0 Å². The lowest BCUT2D eigenvalue weighted by atomic mass is 9.93. The first-order chi connectivity index (χ1) is 6.77. The second kappa shape index (κ2) is 4.29. The van der Waals surface area contributed by atoms with E-state index < -0.39 is 0 Å². The highest BCUT2D eigenvalue weighted by Crippen LogP contribution is 2.19. The normalized spacial score (nSPS) is 16.1. The lowest BCUT2D eigenvalue weighted by Crippen LogP contribution is -2.39. The molecule has 1 aliphatic rings. The summed E-state index contributed by atoms with van der Waals surface area (Å²) in [6.45, 7) is 0. The maximum atomic E-state index is 11.8. The van der Waals surface area contributed by atoms with Crippen molar-refractivity contribution in [2.45, 2.75) is 25.3 Å². The monoisotopic (exact) mass is 301 g/mol. The lowest BCUT2D eigenvalue weighted by molar-refractivity contribution is 0.0916. The highest BCUT2D eigenvalue weighted by atomic mass is 127. The van der Waals surface area contributed by atoms with Crippen LogP contribution in [0.15, 0.2) is 24.3 Å². The second-order valence-electron chi connectivity index (χ2n) is 3.58. The average molecular weight is 301 g/mol. The van der Waals surface area contributed by atoms with Gasteiger partial charge < -0.3 is 5.32 Å². The molecule has 0 bridgehead atoms. The largest absolute Gasteiger partial charge is 0.349 e. The molecular weight excluding hydrogens is 289 g/mol. The van der Waals surface area contributed by atoms with Crippen LogP contribution in [-0.2, 0) is 0 Å². The average Bonchev–Trinajstić information content (AvgIpc) is 2.12. The number of carbonyl (C=O) groups excluding carboxylic acids is 1. The van der Waals surface area contributed by atoms with Gasteiger partial charge in [-0.2, -0.15) is 0 Å². The van der Waals surface area contributed by atoms with E-state index in [0.717, 1.165) is 22.0 Å². The Morgan fingerprint density at radius 1 is 1.36 bits per heavy atom. The summed E-state index contributed by atoms with van der Waals surface area (Å²) in [6.07, 6.45) is 3.52. The van der Waals surface area contributed by atoms with Crippen molar-refractivity contribution < 1.29 is 4.79 Å². The van der Waals surface area contributed by atoms with Crippen LogP contribution in [0.2, 0.25) is 0 Å². The van der Waals surface area contributed by atoms with Crippen molar-refractivity contribution in [2.24, 2.45) is 0 Å². The van der Waals surface area contributed by atoms with Gasteiger partial charge in [0.2, 0.25) is 0 Å². The van der Waals surface area contributed by atoms with E-state index in [4.69, 9.17) is 0 Å². The van der Waals surface area contributed by atoms with Crippen molar-refractivity contribution in [3.63, 3.8) is 0 Å². The molecular formula is C11H12INO. The van der Waals surface area contributed by atoms with E-state index in [1.165, 1.54) is 6.42 Å². The molecule has 1 saturated carbocycles. The first-order valence-corrected chi connectivity index (χ1v) is 5.90. The molecule has 0 unspecified atom stereocenters. The van der Waals surface area contributed by atoms with Gasteiger partial charge in [-0.05, 0) is 54.0 Å². The van der Waals surface area contributed by atoms with Gasteiger partial charge in [0.05, 0.1) is 5.56 Å². The van der Waals surface area contributed by atoms with Gasteiger partial charge in [0.25, 0.3) is 5.91 Å². The molecule has 1 aliphatic carbocycles. The fourth-order valence-electron chi connectivity index (χ4n) is 1.46. The van der Waals surface area contributed by atoms with Gasteiger partial charge in [0.15, 0.2) is 0 Å². The smallest absolute Gasteiger partial charge is 0.252 e. The number of halogens is 1. The van der Waals surface area contributed by atoms with Gasteiger partial charge in [-0.3, -0.25) is 4.79 Å². The minimum Gasteiger partial charge on any atom is -0.349 e. The number of hydrogen-bond donors (Lipinski definition) is 1. The molecule has 1 aromatic carbocycles. The van der Waals surface area contributed by atoms with Gasteiger partial charge >= 0.3 is 0 Å². The molecule has 0 spiro atoms. The van der Waals surface area contributed by atoms with Crippen LogP contribution in [0.3, 0.4) is 0 Å². The molecule has 0 atom stereocenters. The summed E-state index contributed by atoms with van der Waals surface area (Å²) in [7, 11) is 0. The maximum absolute atomic E-state index is 11.8. The fraction of sp³-hybridized carbons (Fsp3) is 0.364. The molecule has 0 heterocycles. The van der Waals surface area contributed by atoms with Crippen molar-refractivity contribution >= 4 is 28.5 Å². The van der Waals surface area contributed by atoms with Gasteiger partial charge in [-0.1, -0.05) is 12.1 Å².